The number of fused-ring (bicyclic) bond motifs is 4. The van der Waals surface area contributed by atoms with Gasteiger partial charge in [-0.2, -0.15) is 0 Å². The van der Waals surface area contributed by atoms with Crippen LogP contribution in [-0.4, -0.2) is 32.6 Å². The highest BCUT2D eigenvalue weighted by atomic mass is 32.1. The lowest BCUT2D eigenvalue weighted by Gasteiger charge is -2.27. The van der Waals surface area contributed by atoms with Crippen LogP contribution in [0.25, 0.3) is 42.3 Å². The fraction of sp³-hybridized carbons (Fsp3) is 0.154. The number of carbonyl (C=O) groups excluding carboxylic acids is 1. The summed E-state index contributed by atoms with van der Waals surface area (Å²) >= 11 is 1.65. The molecule has 1 aliphatic heterocycles. The van der Waals surface area contributed by atoms with E-state index in [-0.39, 0.29) is 5.43 Å². The standard InChI is InChI=1S/C26H19NO4S/c28-15-16-8-9-18(26-24(16)20-4-1-2-7-22(20)32-26)17-5-3-6-19-21(29)14-23(31-25(17)19)27-10-12-30-13-11-27/h1-9,14-15H,10-13H2. The maximum atomic E-state index is 13.0. The van der Waals surface area contributed by atoms with E-state index in [9.17, 15) is 9.59 Å². The second-order valence-electron chi connectivity index (χ2n) is 7.85. The summed E-state index contributed by atoms with van der Waals surface area (Å²) in [5.74, 6) is 0.565. The molecular formula is C26H19NO4S. The number of thiophene rings is 1. The molecule has 1 aliphatic rings. The first-order valence-corrected chi connectivity index (χ1v) is 11.4. The van der Waals surface area contributed by atoms with Gasteiger partial charge < -0.3 is 14.1 Å². The minimum absolute atomic E-state index is 0.0633. The smallest absolute Gasteiger partial charge is 0.200 e. The van der Waals surface area contributed by atoms with Gasteiger partial charge in [0.15, 0.2) is 17.6 Å². The van der Waals surface area contributed by atoms with E-state index in [4.69, 9.17) is 9.15 Å². The summed E-state index contributed by atoms with van der Waals surface area (Å²) in [5, 5.41) is 2.56. The SMILES string of the molecule is O=Cc1ccc(-c2cccc3c(=O)cc(N4CCOCC4)oc23)c2sc3ccccc3c12. The molecule has 5 nitrogen and oxygen atoms in total. The monoisotopic (exact) mass is 441 g/mol. The van der Waals surface area contributed by atoms with Crippen LogP contribution in [-0.2, 0) is 4.74 Å². The van der Waals surface area contributed by atoms with Crippen molar-refractivity contribution in [2.24, 2.45) is 0 Å². The zero-order chi connectivity index (χ0) is 21.7. The van der Waals surface area contributed by atoms with Crippen molar-refractivity contribution in [1.29, 1.82) is 0 Å². The van der Waals surface area contributed by atoms with E-state index in [2.05, 4.69) is 6.07 Å². The largest absolute Gasteiger partial charge is 0.440 e. The molecular weight excluding hydrogens is 422 g/mol. The van der Waals surface area contributed by atoms with Crippen molar-refractivity contribution >= 4 is 54.6 Å². The van der Waals surface area contributed by atoms with E-state index < -0.39 is 0 Å². The minimum atomic E-state index is -0.0633. The fourth-order valence-corrected chi connectivity index (χ4v) is 5.75. The maximum absolute atomic E-state index is 13.0. The molecule has 3 heterocycles. The lowest BCUT2D eigenvalue weighted by molar-refractivity contribution is 0.112. The molecule has 2 aromatic heterocycles. The first kappa shape index (κ1) is 19.2. The topological polar surface area (TPSA) is 59.8 Å². The van der Waals surface area contributed by atoms with Crippen molar-refractivity contribution in [3.8, 4) is 11.1 Å². The van der Waals surface area contributed by atoms with Crippen LogP contribution in [0.4, 0.5) is 5.88 Å². The summed E-state index contributed by atoms with van der Waals surface area (Å²) in [7, 11) is 0. The second kappa shape index (κ2) is 7.58. The number of nitrogens with zero attached hydrogens (tertiary/aromatic N) is 1. The van der Waals surface area contributed by atoms with Gasteiger partial charge in [-0.05, 0) is 12.1 Å². The maximum Gasteiger partial charge on any atom is 0.200 e. The summed E-state index contributed by atoms with van der Waals surface area (Å²) in [4.78, 5) is 26.8. The van der Waals surface area contributed by atoms with Gasteiger partial charge in [0.1, 0.15) is 5.58 Å². The van der Waals surface area contributed by atoms with Crippen LogP contribution in [0.5, 0.6) is 0 Å². The molecule has 6 rings (SSSR count). The number of benzene rings is 3. The molecule has 6 heteroatoms. The van der Waals surface area contributed by atoms with Crippen LogP contribution in [0.3, 0.4) is 0 Å². The zero-order valence-electron chi connectivity index (χ0n) is 17.2. The van der Waals surface area contributed by atoms with Gasteiger partial charge in [0.25, 0.3) is 0 Å². The Balaban J connectivity index is 1.65. The number of hydrogen-bond acceptors (Lipinski definition) is 6. The van der Waals surface area contributed by atoms with E-state index in [1.165, 1.54) is 0 Å². The molecule has 0 N–H and O–H groups in total. The second-order valence-corrected chi connectivity index (χ2v) is 8.91. The quantitative estimate of drug-likeness (QED) is 0.347. The molecule has 32 heavy (non-hydrogen) atoms. The molecule has 158 valence electrons. The van der Waals surface area contributed by atoms with E-state index in [0.717, 1.165) is 37.6 Å². The van der Waals surface area contributed by atoms with Gasteiger partial charge in [-0.3, -0.25) is 9.59 Å². The number of anilines is 1. The zero-order valence-corrected chi connectivity index (χ0v) is 18.0. The molecule has 5 aromatic rings. The van der Waals surface area contributed by atoms with Crippen molar-refractivity contribution in [2.45, 2.75) is 0 Å². The predicted octanol–water partition coefficient (Wildman–Crippen LogP) is 5.48. The van der Waals surface area contributed by atoms with Crippen molar-refractivity contribution < 1.29 is 13.9 Å². The number of morpholine rings is 1. The molecule has 0 aliphatic carbocycles. The predicted molar refractivity (Wildman–Crippen MR) is 129 cm³/mol. The first-order valence-electron chi connectivity index (χ1n) is 10.5. The number of ether oxygens (including phenoxy) is 1. The Morgan fingerprint density at radius 2 is 1.72 bits per heavy atom. The summed E-state index contributed by atoms with van der Waals surface area (Å²) in [5.41, 5.74) is 2.98. The van der Waals surface area contributed by atoms with Crippen LogP contribution < -0.4 is 10.3 Å². The van der Waals surface area contributed by atoms with E-state index in [0.29, 0.717) is 48.7 Å². The van der Waals surface area contributed by atoms with E-state index >= 15 is 0 Å². The van der Waals surface area contributed by atoms with Crippen molar-refractivity contribution in [2.75, 3.05) is 31.2 Å². The van der Waals surface area contributed by atoms with Gasteiger partial charge in [0, 0.05) is 56.0 Å². The van der Waals surface area contributed by atoms with Gasteiger partial charge in [-0.15, -0.1) is 11.3 Å². The van der Waals surface area contributed by atoms with Crippen molar-refractivity contribution in [3.63, 3.8) is 0 Å². The third-order valence-electron chi connectivity index (χ3n) is 6.04. The Hall–Kier alpha value is -3.48. The normalized spacial score (nSPS) is 14.4. The van der Waals surface area contributed by atoms with Crippen molar-refractivity contribution in [3.05, 3.63) is 76.5 Å². The molecule has 1 saturated heterocycles. The Morgan fingerprint density at radius 3 is 2.56 bits per heavy atom. The Morgan fingerprint density at radius 1 is 0.906 bits per heavy atom. The number of carbonyl (C=O) groups is 1. The molecule has 0 saturated carbocycles. The summed E-state index contributed by atoms with van der Waals surface area (Å²) < 4.78 is 13.9. The van der Waals surface area contributed by atoms with Crippen LogP contribution >= 0.6 is 11.3 Å². The van der Waals surface area contributed by atoms with Gasteiger partial charge in [-0.1, -0.05) is 42.5 Å². The van der Waals surface area contributed by atoms with Gasteiger partial charge in [0.2, 0.25) is 0 Å². The third-order valence-corrected chi connectivity index (χ3v) is 7.24. The number of aldehydes is 1. The highest BCUT2D eigenvalue weighted by molar-refractivity contribution is 7.26. The summed E-state index contributed by atoms with van der Waals surface area (Å²) in [6, 6.07) is 19.2. The van der Waals surface area contributed by atoms with Gasteiger partial charge >= 0.3 is 0 Å². The molecule has 1 fully saturated rings. The molecule has 0 unspecified atom stereocenters. The van der Waals surface area contributed by atoms with Gasteiger partial charge in [0.05, 0.1) is 18.6 Å². The van der Waals surface area contributed by atoms with E-state index in [1.807, 2.05) is 47.4 Å². The van der Waals surface area contributed by atoms with Crippen molar-refractivity contribution in [1.82, 2.24) is 0 Å². The fourth-order valence-electron chi connectivity index (χ4n) is 4.48. The Kier molecular flexibility index (Phi) is 4.56. The average molecular weight is 442 g/mol. The summed E-state index contributed by atoms with van der Waals surface area (Å²) in [6.07, 6.45) is 0.908. The minimum Gasteiger partial charge on any atom is -0.440 e. The Labute approximate surface area is 187 Å². The van der Waals surface area contributed by atoms with Crippen LogP contribution in [0.15, 0.2) is 69.9 Å². The third kappa shape index (κ3) is 2.95. The Bertz CT molecular complexity index is 1560. The molecule has 3 aromatic carbocycles. The average Bonchev–Trinajstić information content (AvgIpc) is 3.24. The lowest BCUT2D eigenvalue weighted by atomic mass is 9.98. The number of hydrogen-bond donors (Lipinski definition) is 0. The van der Waals surface area contributed by atoms with E-state index in [1.54, 1.807) is 23.5 Å². The number of rotatable bonds is 3. The highest BCUT2D eigenvalue weighted by Gasteiger charge is 2.20. The lowest BCUT2D eigenvalue weighted by Crippen LogP contribution is -2.36. The number of para-hydroxylation sites is 1. The molecule has 0 radical (unpaired) electrons. The molecule has 0 spiro atoms. The molecule has 0 bridgehead atoms. The van der Waals surface area contributed by atoms with Crippen LogP contribution in [0.1, 0.15) is 10.4 Å². The van der Waals surface area contributed by atoms with Crippen LogP contribution in [0.2, 0.25) is 0 Å². The van der Waals surface area contributed by atoms with Gasteiger partial charge in [-0.25, -0.2) is 0 Å². The highest BCUT2D eigenvalue weighted by Crippen LogP contribution is 2.43. The first-order chi connectivity index (χ1) is 15.7. The molecule has 0 amide bonds. The summed E-state index contributed by atoms with van der Waals surface area (Å²) in [6.45, 7) is 2.59. The molecule has 0 atom stereocenters. The van der Waals surface area contributed by atoms with Crippen LogP contribution in [0, 0.1) is 0 Å².